The van der Waals surface area contributed by atoms with Crippen LogP contribution in [0.1, 0.15) is 12.5 Å². The molecule has 0 fully saturated rings. The molecule has 0 heterocycles. The average Bonchev–Trinajstić information content (AvgIpc) is 2.57. The van der Waals surface area contributed by atoms with Gasteiger partial charge in [0.05, 0.1) is 18.0 Å². The number of rotatable bonds is 6. The highest BCUT2D eigenvalue weighted by Gasteiger charge is 2.22. The Labute approximate surface area is 146 Å². The van der Waals surface area contributed by atoms with E-state index in [0.717, 1.165) is 0 Å². The zero-order valence-electron chi connectivity index (χ0n) is 14.0. The van der Waals surface area contributed by atoms with Crippen molar-refractivity contribution in [3.8, 4) is 5.75 Å². The van der Waals surface area contributed by atoms with Crippen LogP contribution in [0, 0.1) is 12.7 Å². The number of anilines is 1. The Morgan fingerprint density at radius 2 is 1.80 bits per heavy atom. The van der Waals surface area contributed by atoms with Crippen molar-refractivity contribution in [3.05, 3.63) is 53.8 Å². The van der Waals surface area contributed by atoms with Crippen LogP contribution < -0.4 is 14.8 Å². The number of aryl methyl sites for hydroxylation is 1. The number of sulfonamides is 1. The van der Waals surface area contributed by atoms with E-state index in [1.165, 1.54) is 56.5 Å². The van der Waals surface area contributed by atoms with Gasteiger partial charge in [-0.05, 0) is 61.9 Å². The molecular weight excluding hydrogens is 347 g/mol. The summed E-state index contributed by atoms with van der Waals surface area (Å²) >= 11 is 0. The third-order valence-electron chi connectivity index (χ3n) is 3.54. The fourth-order valence-corrected chi connectivity index (χ4v) is 3.32. The van der Waals surface area contributed by atoms with Crippen LogP contribution in [0.15, 0.2) is 47.4 Å². The average molecular weight is 366 g/mol. The Balaban J connectivity index is 2.08. The summed E-state index contributed by atoms with van der Waals surface area (Å²) in [5.74, 6) is -0.438. The van der Waals surface area contributed by atoms with Gasteiger partial charge in [0.2, 0.25) is 15.9 Å². The Morgan fingerprint density at radius 3 is 2.36 bits per heavy atom. The number of methoxy groups -OCH3 is 1. The molecule has 2 aromatic rings. The summed E-state index contributed by atoms with van der Waals surface area (Å²) < 4.78 is 45.0. The van der Waals surface area contributed by atoms with Crippen molar-refractivity contribution in [2.45, 2.75) is 24.8 Å². The van der Waals surface area contributed by atoms with Gasteiger partial charge in [0.25, 0.3) is 0 Å². The molecule has 8 heteroatoms. The highest BCUT2D eigenvalue weighted by Crippen LogP contribution is 2.17. The molecule has 0 spiro atoms. The maximum atomic E-state index is 13.1. The maximum absolute atomic E-state index is 13.1. The summed E-state index contributed by atoms with van der Waals surface area (Å²) in [6, 6.07) is 8.70. The standard InChI is InChI=1S/C17H19FN2O4S/c1-11-10-13(18)4-9-16(11)19-17(21)12(2)20-25(22,23)15-7-5-14(24-3)6-8-15/h4-10,12,20H,1-3H3,(H,19,21)/t12-/m0/s1. The van der Waals surface area contributed by atoms with Crippen LogP contribution in [-0.2, 0) is 14.8 Å². The number of halogens is 1. The number of hydrogen-bond donors (Lipinski definition) is 2. The van der Waals surface area contributed by atoms with Gasteiger partial charge in [-0.25, -0.2) is 12.8 Å². The number of nitrogens with one attached hydrogen (secondary N) is 2. The van der Waals surface area contributed by atoms with Gasteiger partial charge in [-0.2, -0.15) is 4.72 Å². The van der Waals surface area contributed by atoms with E-state index in [2.05, 4.69) is 10.0 Å². The van der Waals surface area contributed by atoms with Crippen LogP contribution in [0.4, 0.5) is 10.1 Å². The third kappa shape index (κ3) is 4.77. The molecule has 134 valence electrons. The minimum absolute atomic E-state index is 0.0194. The molecule has 2 aromatic carbocycles. The minimum Gasteiger partial charge on any atom is -0.497 e. The molecule has 2 N–H and O–H groups in total. The number of carbonyl (C=O) groups is 1. The van der Waals surface area contributed by atoms with E-state index in [1.807, 2.05) is 0 Å². The van der Waals surface area contributed by atoms with Crippen molar-refractivity contribution in [2.75, 3.05) is 12.4 Å². The number of carbonyl (C=O) groups excluding carboxylic acids is 1. The molecule has 0 radical (unpaired) electrons. The molecule has 0 aromatic heterocycles. The summed E-state index contributed by atoms with van der Waals surface area (Å²) in [4.78, 5) is 12.2. The van der Waals surface area contributed by atoms with Gasteiger partial charge in [-0.1, -0.05) is 0 Å². The zero-order valence-corrected chi connectivity index (χ0v) is 14.9. The molecule has 1 amide bonds. The first-order valence-corrected chi connectivity index (χ1v) is 8.94. The molecule has 25 heavy (non-hydrogen) atoms. The normalized spacial score (nSPS) is 12.5. The molecule has 0 unspecified atom stereocenters. The molecule has 6 nitrogen and oxygen atoms in total. The van der Waals surface area contributed by atoms with Crippen molar-refractivity contribution in [1.82, 2.24) is 4.72 Å². The molecule has 0 aliphatic rings. The molecule has 0 saturated heterocycles. The third-order valence-corrected chi connectivity index (χ3v) is 5.10. The number of amides is 1. The summed E-state index contributed by atoms with van der Waals surface area (Å²) in [5.41, 5.74) is 0.959. The van der Waals surface area contributed by atoms with E-state index in [-0.39, 0.29) is 4.90 Å². The fourth-order valence-electron chi connectivity index (χ4n) is 2.12. The zero-order chi connectivity index (χ0) is 18.6. The van der Waals surface area contributed by atoms with Crippen molar-refractivity contribution in [2.24, 2.45) is 0 Å². The second kappa shape index (κ2) is 7.62. The molecule has 1 atom stereocenters. The predicted octanol–water partition coefficient (Wildman–Crippen LogP) is 2.45. The van der Waals surface area contributed by atoms with Gasteiger partial charge in [-0.15, -0.1) is 0 Å². The number of hydrogen-bond acceptors (Lipinski definition) is 4. The second-order valence-electron chi connectivity index (χ2n) is 5.47. The van der Waals surface area contributed by atoms with Crippen LogP contribution in [-0.4, -0.2) is 27.5 Å². The van der Waals surface area contributed by atoms with Gasteiger partial charge >= 0.3 is 0 Å². The van der Waals surface area contributed by atoms with Gasteiger partial charge in [0.1, 0.15) is 11.6 Å². The highest BCUT2D eigenvalue weighted by atomic mass is 32.2. The van der Waals surface area contributed by atoms with Crippen molar-refractivity contribution in [3.63, 3.8) is 0 Å². The lowest BCUT2D eigenvalue weighted by Gasteiger charge is -2.15. The van der Waals surface area contributed by atoms with E-state index in [9.17, 15) is 17.6 Å². The molecule has 0 saturated carbocycles. The van der Waals surface area contributed by atoms with Crippen LogP contribution in [0.5, 0.6) is 5.75 Å². The lowest BCUT2D eigenvalue weighted by Crippen LogP contribution is -2.41. The van der Waals surface area contributed by atoms with E-state index < -0.39 is 27.8 Å². The highest BCUT2D eigenvalue weighted by molar-refractivity contribution is 7.89. The predicted molar refractivity (Wildman–Crippen MR) is 92.5 cm³/mol. The Kier molecular flexibility index (Phi) is 5.76. The van der Waals surface area contributed by atoms with Gasteiger partial charge in [0.15, 0.2) is 0 Å². The first kappa shape index (κ1) is 18.9. The van der Waals surface area contributed by atoms with Gasteiger partial charge in [0, 0.05) is 5.69 Å². The smallest absolute Gasteiger partial charge is 0.242 e. The van der Waals surface area contributed by atoms with Crippen molar-refractivity contribution in [1.29, 1.82) is 0 Å². The van der Waals surface area contributed by atoms with E-state index >= 15 is 0 Å². The van der Waals surface area contributed by atoms with Crippen LogP contribution in [0.25, 0.3) is 0 Å². The lowest BCUT2D eigenvalue weighted by atomic mass is 10.2. The van der Waals surface area contributed by atoms with Crippen LogP contribution >= 0.6 is 0 Å². The first-order chi connectivity index (χ1) is 11.7. The molecular formula is C17H19FN2O4S. The SMILES string of the molecule is COc1ccc(S(=O)(=O)N[C@@H](C)C(=O)Nc2ccc(F)cc2C)cc1. The Bertz CT molecular complexity index is 867. The second-order valence-corrected chi connectivity index (χ2v) is 7.18. The Hall–Kier alpha value is -2.45. The summed E-state index contributed by atoms with van der Waals surface area (Å²) in [5, 5.41) is 2.58. The van der Waals surface area contributed by atoms with E-state index in [1.54, 1.807) is 6.92 Å². The molecule has 0 bridgehead atoms. The summed E-state index contributed by atoms with van der Waals surface area (Å²) in [6.07, 6.45) is 0. The lowest BCUT2D eigenvalue weighted by molar-refractivity contribution is -0.117. The first-order valence-electron chi connectivity index (χ1n) is 7.46. The number of ether oxygens (including phenoxy) is 1. The van der Waals surface area contributed by atoms with Crippen LogP contribution in [0.2, 0.25) is 0 Å². The van der Waals surface area contributed by atoms with E-state index in [4.69, 9.17) is 4.74 Å². The molecule has 0 aliphatic heterocycles. The van der Waals surface area contributed by atoms with Gasteiger partial charge in [-0.3, -0.25) is 4.79 Å². The largest absolute Gasteiger partial charge is 0.497 e. The summed E-state index contributed by atoms with van der Waals surface area (Å²) in [7, 11) is -2.39. The fraction of sp³-hybridized carbons (Fsp3) is 0.235. The van der Waals surface area contributed by atoms with E-state index in [0.29, 0.717) is 17.0 Å². The maximum Gasteiger partial charge on any atom is 0.242 e. The van der Waals surface area contributed by atoms with Crippen molar-refractivity contribution < 1.29 is 22.3 Å². The summed E-state index contributed by atoms with van der Waals surface area (Å²) in [6.45, 7) is 3.07. The Morgan fingerprint density at radius 1 is 1.16 bits per heavy atom. The van der Waals surface area contributed by atoms with Crippen LogP contribution in [0.3, 0.4) is 0 Å². The quantitative estimate of drug-likeness (QED) is 0.822. The monoisotopic (exact) mass is 366 g/mol. The molecule has 2 rings (SSSR count). The molecule has 0 aliphatic carbocycles. The van der Waals surface area contributed by atoms with Crippen molar-refractivity contribution >= 4 is 21.6 Å². The van der Waals surface area contributed by atoms with Gasteiger partial charge < -0.3 is 10.1 Å². The minimum atomic E-state index is -3.87. The topological polar surface area (TPSA) is 84.5 Å². The number of benzene rings is 2.